The van der Waals surface area contributed by atoms with Crippen LogP contribution < -0.4 is 5.73 Å². The molecule has 0 aromatic heterocycles. The highest BCUT2D eigenvalue weighted by Crippen LogP contribution is 2.09. The SMILES string of the molecule is CCCC(CN)C(=O)N(C)CC(C)C#N. The Labute approximate surface area is 92.0 Å². The van der Waals surface area contributed by atoms with Crippen molar-refractivity contribution in [2.75, 3.05) is 20.1 Å². The number of nitriles is 1. The number of carbonyl (C=O) groups excluding carboxylic acids is 1. The molecule has 1 amide bonds. The first kappa shape index (κ1) is 13.9. The molecule has 0 spiro atoms. The van der Waals surface area contributed by atoms with Gasteiger partial charge < -0.3 is 10.6 Å². The molecule has 0 saturated carbocycles. The van der Waals surface area contributed by atoms with Gasteiger partial charge in [0, 0.05) is 20.1 Å². The first-order valence-corrected chi connectivity index (χ1v) is 5.41. The van der Waals surface area contributed by atoms with Crippen LogP contribution in [0, 0.1) is 23.2 Å². The van der Waals surface area contributed by atoms with E-state index in [-0.39, 0.29) is 17.7 Å². The minimum Gasteiger partial charge on any atom is -0.344 e. The molecule has 2 unspecified atom stereocenters. The molecule has 0 aliphatic heterocycles. The van der Waals surface area contributed by atoms with Crippen LogP contribution >= 0.6 is 0 Å². The Kier molecular flexibility index (Phi) is 6.72. The molecule has 0 radical (unpaired) electrons. The van der Waals surface area contributed by atoms with E-state index in [1.807, 2.05) is 6.92 Å². The van der Waals surface area contributed by atoms with Gasteiger partial charge in [-0.2, -0.15) is 5.26 Å². The summed E-state index contributed by atoms with van der Waals surface area (Å²) in [5.74, 6) is -0.161. The Morgan fingerprint density at radius 2 is 2.20 bits per heavy atom. The van der Waals surface area contributed by atoms with Crippen molar-refractivity contribution < 1.29 is 4.79 Å². The van der Waals surface area contributed by atoms with E-state index >= 15 is 0 Å². The zero-order valence-electron chi connectivity index (χ0n) is 9.86. The highest BCUT2D eigenvalue weighted by Gasteiger charge is 2.20. The minimum atomic E-state index is -0.126. The molecule has 0 rings (SSSR count). The van der Waals surface area contributed by atoms with Crippen LogP contribution in [0.4, 0.5) is 0 Å². The van der Waals surface area contributed by atoms with Gasteiger partial charge in [-0.1, -0.05) is 13.3 Å². The molecule has 0 heterocycles. The number of carbonyl (C=O) groups is 1. The number of nitrogens with zero attached hydrogens (tertiary/aromatic N) is 2. The monoisotopic (exact) mass is 211 g/mol. The molecule has 4 heteroatoms. The standard InChI is InChI=1S/C11H21N3O/c1-4-5-10(7-13)11(15)14(3)8-9(2)6-12/h9-10H,4-5,7-8,13H2,1-3H3. The van der Waals surface area contributed by atoms with Gasteiger partial charge in [-0.3, -0.25) is 4.79 Å². The van der Waals surface area contributed by atoms with Gasteiger partial charge in [0.15, 0.2) is 0 Å². The maximum atomic E-state index is 11.9. The second kappa shape index (κ2) is 7.24. The van der Waals surface area contributed by atoms with Crippen LogP contribution in [0.2, 0.25) is 0 Å². The van der Waals surface area contributed by atoms with E-state index in [9.17, 15) is 4.79 Å². The third-order valence-corrected chi connectivity index (χ3v) is 2.42. The molecular formula is C11H21N3O. The minimum absolute atomic E-state index is 0.0569. The predicted octanol–water partition coefficient (Wildman–Crippen LogP) is 0.979. The second-order valence-corrected chi connectivity index (χ2v) is 3.97. The van der Waals surface area contributed by atoms with Crippen LogP contribution in [0.5, 0.6) is 0 Å². The summed E-state index contributed by atoms with van der Waals surface area (Å²) in [6, 6.07) is 2.11. The first-order chi connectivity index (χ1) is 7.06. The van der Waals surface area contributed by atoms with Gasteiger partial charge in [0.2, 0.25) is 5.91 Å². The maximum absolute atomic E-state index is 11.9. The molecule has 2 N–H and O–H groups in total. The Hall–Kier alpha value is -1.08. The zero-order valence-corrected chi connectivity index (χ0v) is 9.86. The van der Waals surface area contributed by atoms with Gasteiger partial charge in [0.25, 0.3) is 0 Å². The summed E-state index contributed by atoms with van der Waals surface area (Å²) in [5.41, 5.74) is 5.55. The van der Waals surface area contributed by atoms with Crippen LogP contribution in [-0.2, 0) is 4.79 Å². The van der Waals surface area contributed by atoms with Gasteiger partial charge in [-0.25, -0.2) is 0 Å². The fourth-order valence-electron chi connectivity index (χ4n) is 1.54. The van der Waals surface area contributed by atoms with Crippen LogP contribution in [0.1, 0.15) is 26.7 Å². The van der Waals surface area contributed by atoms with E-state index in [1.165, 1.54) is 0 Å². The fraction of sp³-hybridized carbons (Fsp3) is 0.818. The summed E-state index contributed by atoms with van der Waals surface area (Å²) >= 11 is 0. The lowest BCUT2D eigenvalue weighted by Crippen LogP contribution is -2.38. The predicted molar refractivity (Wildman–Crippen MR) is 59.9 cm³/mol. The maximum Gasteiger partial charge on any atom is 0.226 e. The lowest BCUT2D eigenvalue weighted by Gasteiger charge is -2.23. The van der Waals surface area contributed by atoms with Crippen molar-refractivity contribution in [3.05, 3.63) is 0 Å². The van der Waals surface area contributed by atoms with Crippen LogP contribution in [0.3, 0.4) is 0 Å². The molecular weight excluding hydrogens is 190 g/mol. The zero-order chi connectivity index (χ0) is 11.8. The Morgan fingerprint density at radius 1 is 1.60 bits per heavy atom. The van der Waals surface area contributed by atoms with Crippen molar-refractivity contribution in [1.29, 1.82) is 5.26 Å². The van der Waals surface area contributed by atoms with Gasteiger partial charge in [-0.05, 0) is 13.3 Å². The normalized spacial score (nSPS) is 14.1. The molecule has 86 valence electrons. The van der Waals surface area contributed by atoms with Crippen molar-refractivity contribution in [3.8, 4) is 6.07 Å². The summed E-state index contributed by atoms with van der Waals surface area (Å²) in [4.78, 5) is 13.5. The number of nitrogens with two attached hydrogens (primary N) is 1. The van der Waals surface area contributed by atoms with Crippen molar-refractivity contribution in [2.45, 2.75) is 26.7 Å². The molecule has 0 aromatic rings. The van der Waals surface area contributed by atoms with Gasteiger partial charge in [-0.15, -0.1) is 0 Å². The van der Waals surface area contributed by atoms with E-state index in [2.05, 4.69) is 6.07 Å². The van der Waals surface area contributed by atoms with E-state index < -0.39 is 0 Å². The Bertz CT molecular complexity index is 234. The quantitative estimate of drug-likeness (QED) is 0.712. The summed E-state index contributed by atoms with van der Waals surface area (Å²) in [6.07, 6.45) is 1.77. The molecule has 0 aromatic carbocycles. The topological polar surface area (TPSA) is 70.1 Å². The molecule has 0 bridgehead atoms. The van der Waals surface area contributed by atoms with Crippen molar-refractivity contribution in [2.24, 2.45) is 17.6 Å². The van der Waals surface area contributed by atoms with Crippen molar-refractivity contribution >= 4 is 5.91 Å². The molecule has 2 atom stereocenters. The van der Waals surface area contributed by atoms with Crippen molar-refractivity contribution in [1.82, 2.24) is 4.90 Å². The van der Waals surface area contributed by atoms with E-state index in [1.54, 1.807) is 18.9 Å². The third kappa shape index (κ3) is 4.80. The van der Waals surface area contributed by atoms with Crippen LogP contribution in [-0.4, -0.2) is 30.9 Å². The Balaban J connectivity index is 4.23. The molecule has 15 heavy (non-hydrogen) atoms. The molecule has 0 saturated heterocycles. The second-order valence-electron chi connectivity index (χ2n) is 3.97. The highest BCUT2D eigenvalue weighted by molar-refractivity contribution is 5.78. The average molecular weight is 211 g/mol. The first-order valence-electron chi connectivity index (χ1n) is 5.41. The third-order valence-electron chi connectivity index (χ3n) is 2.42. The van der Waals surface area contributed by atoms with Crippen LogP contribution in [0.15, 0.2) is 0 Å². The van der Waals surface area contributed by atoms with Gasteiger partial charge >= 0.3 is 0 Å². The summed E-state index contributed by atoms with van der Waals surface area (Å²) in [6.45, 7) is 4.71. The average Bonchev–Trinajstić information content (AvgIpc) is 2.24. The highest BCUT2D eigenvalue weighted by atomic mass is 16.2. The van der Waals surface area contributed by atoms with E-state index in [0.717, 1.165) is 12.8 Å². The van der Waals surface area contributed by atoms with E-state index in [4.69, 9.17) is 11.0 Å². The fourth-order valence-corrected chi connectivity index (χ4v) is 1.54. The molecule has 4 nitrogen and oxygen atoms in total. The molecule has 0 aliphatic carbocycles. The smallest absolute Gasteiger partial charge is 0.226 e. The van der Waals surface area contributed by atoms with Crippen LogP contribution in [0.25, 0.3) is 0 Å². The van der Waals surface area contributed by atoms with Crippen molar-refractivity contribution in [3.63, 3.8) is 0 Å². The van der Waals surface area contributed by atoms with Gasteiger partial charge in [0.05, 0.1) is 17.9 Å². The summed E-state index contributed by atoms with van der Waals surface area (Å²) < 4.78 is 0. The lowest BCUT2D eigenvalue weighted by molar-refractivity contribution is -0.134. The van der Waals surface area contributed by atoms with E-state index in [0.29, 0.717) is 13.1 Å². The largest absolute Gasteiger partial charge is 0.344 e. The molecule has 0 aliphatic rings. The number of amides is 1. The number of rotatable bonds is 6. The number of hydrogen-bond acceptors (Lipinski definition) is 3. The summed E-state index contributed by atoms with van der Waals surface area (Å²) in [7, 11) is 1.73. The number of hydrogen-bond donors (Lipinski definition) is 1. The Morgan fingerprint density at radius 3 is 2.60 bits per heavy atom. The lowest BCUT2D eigenvalue weighted by atomic mass is 10.0. The molecule has 0 fully saturated rings. The summed E-state index contributed by atoms with van der Waals surface area (Å²) in [5, 5.41) is 8.65. The van der Waals surface area contributed by atoms with Gasteiger partial charge in [0.1, 0.15) is 0 Å².